The number of amides is 1. The van der Waals surface area contributed by atoms with Crippen molar-refractivity contribution in [3.63, 3.8) is 0 Å². The number of nitro groups is 1. The number of ether oxygens (including phenoxy) is 2. The van der Waals surface area contributed by atoms with E-state index < -0.39 is 16.8 Å². The molecule has 1 N–H and O–H groups in total. The summed E-state index contributed by atoms with van der Waals surface area (Å²) in [7, 11) is 1.50. The van der Waals surface area contributed by atoms with Crippen LogP contribution >= 0.6 is 0 Å². The first-order chi connectivity index (χ1) is 14.0. The Kier molecular flexibility index (Phi) is 7.59. The molecule has 0 aliphatic carbocycles. The van der Waals surface area contributed by atoms with Crippen molar-refractivity contribution in [3.05, 3.63) is 75.3 Å². The van der Waals surface area contributed by atoms with Gasteiger partial charge in [-0.05, 0) is 29.8 Å². The third-order valence-electron chi connectivity index (χ3n) is 3.68. The molecule has 0 aliphatic heterocycles. The molecule has 9 heteroatoms. The molecule has 0 fully saturated rings. The highest BCUT2D eigenvalue weighted by atomic mass is 16.6. The topological polar surface area (TPSA) is 132 Å². The van der Waals surface area contributed by atoms with Gasteiger partial charge in [0.15, 0.2) is 0 Å². The van der Waals surface area contributed by atoms with Crippen molar-refractivity contribution >= 4 is 23.6 Å². The number of carbonyl (C=O) groups is 2. The standard InChI is InChI=1S/C20H17N3O6/c1-28-11-10-22-19(24)15(13-21)12-14-6-8-16(9-7-14)29-20(25)17-4-2-3-5-18(17)23(26)27/h2-9,12H,10-11H2,1H3,(H,22,24)/b15-12+. The fourth-order valence-corrected chi connectivity index (χ4v) is 2.28. The number of nitriles is 1. The van der Waals surface area contributed by atoms with E-state index in [4.69, 9.17) is 14.7 Å². The van der Waals surface area contributed by atoms with Crippen molar-refractivity contribution in [1.82, 2.24) is 5.32 Å². The minimum Gasteiger partial charge on any atom is -0.423 e. The number of esters is 1. The number of nitrogens with zero attached hydrogens (tertiary/aromatic N) is 2. The molecule has 2 rings (SSSR count). The zero-order valence-electron chi connectivity index (χ0n) is 15.5. The lowest BCUT2D eigenvalue weighted by Gasteiger charge is -2.06. The molecule has 2 aromatic carbocycles. The summed E-state index contributed by atoms with van der Waals surface area (Å²) in [5, 5.41) is 22.7. The fourth-order valence-electron chi connectivity index (χ4n) is 2.28. The van der Waals surface area contributed by atoms with Gasteiger partial charge in [-0.2, -0.15) is 5.26 Å². The van der Waals surface area contributed by atoms with E-state index in [9.17, 15) is 19.7 Å². The average Bonchev–Trinajstić information content (AvgIpc) is 2.73. The molecule has 29 heavy (non-hydrogen) atoms. The minimum absolute atomic E-state index is 0.0919. The van der Waals surface area contributed by atoms with Gasteiger partial charge in [0.2, 0.25) is 0 Å². The van der Waals surface area contributed by atoms with Crippen molar-refractivity contribution in [2.75, 3.05) is 20.3 Å². The van der Waals surface area contributed by atoms with Crippen molar-refractivity contribution in [1.29, 1.82) is 5.26 Å². The van der Waals surface area contributed by atoms with Gasteiger partial charge in [-0.1, -0.05) is 24.3 Å². The normalized spacial score (nSPS) is 10.7. The molecule has 0 aliphatic rings. The Labute approximate surface area is 166 Å². The lowest BCUT2D eigenvalue weighted by atomic mass is 10.1. The quantitative estimate of drug-likeness (QED) is 0.138. The minimum atomic E-state index is -0.865. The summed E-state index contributed by atoms with van der Waals surface area (Å²) in [4.78, 5) is 34.5. The van der Waals surface area contributed by atoms with Gasteiger partial charge in [-0.3, -0.25) is 14.9 Å². The van der Waals surface area contributed by atoms with E-state index in [0.29, 0.717) is 12.2 Å². The highest BCUT2D eigenvalue weighted by molar-refractivity contribution is 6.01. The van der Waals surface area contributed by atoms with Crippen molar-refractivity contribution in [2.45, 2.75) is 0 Å². The summed E-state index contributed by atoms with van der Waals surface area (Å²) < 4.78 is 9.99. The SMILES string of the molecule is COCCNC(=O)/C(C#N)=C/c1ccc(OC(=O)c2ccccc2[N+](=O)[O-])cc1. The third-order valence-corrected chi connectivity index (χ3v) is 3.68. The van der Waals surface area contributed by atoms with Gasteiger partial charge in [0, 0.05) is 19.7 Å². The Bertz CT molecular complexity index is 976. The molecule has 0 saturated heterocycles. The number of nitro benzene ring substituents is 1. The number of hydrogen-bond donors (Lipinski definition) is 1. The number of nitrogens with one attached hydrogen (secondary N) is 1. The van der Waals surface area contributed by atoms with E-state index in [1.807, 2.05) is 6.07 Å². The fraction of sp³-hybridized carbons (Fsp3) is 0.150. The summed E-state index contributed by atoms with van der Waals surface area (Å²) in [6.07, 6.45) is 1.38. The van der Waals surface area contributed by atoms with Crippen LogP contribution < -0.4 is 10.1 Å². The Balaban J connectivity index is 2.10. The average molecular weight is 395 g/mol. The van der Waals surface area contributed by atoms with E-state index in [-0.39, 0.29) is 29.1 Å². The van der Waals surface area contributed by atoms with Crippen LogP contribution in [0.5, 0.6) is 5.75 Å². The maximum absolute atomic E-state index is 12.2. The molecule has 0 heterocycles. The molecular formula is C20H17N3O6. The highest BCUT2D eigenvalue weighted by Crippen LogP contribution is 2.21. The number of hydrogen-bond acceptors (Lipinski definition) is 7. The number of methoxy groups -OCH3 is 1. The molecule has 0 spiro atoms. The third kappa shape index (κ3) is 5.98. The first-order valence-electron chi connectivity index (χ1n) is 8.41. The molecule has 1 amide bonds. The second kappa shape index (κ2) is 10.3. The van der Waals surface area contributed by atoms with Crippen LogP contribution in [-0.4, -0.2) is 37.1 Å². The van der Waals surface area contributed by atoms with Crippen LogP contribution in [0, 0.1) is 21.4 Å². The van der Waals surface area contributed by atoms with Gasteiger partial charge in [-0.15, -0.1) is 0 Å². The highest BCUT2D eigenvalue weighted by Gasteiger charge is 2.21. The van der Waals surface area contributed by atoms with Crippen LogP contribution in [0.3, 0.4) is 0 Å². The molecule has 0 bridgehead atoms. The summed E-state index contributed by atoms with van der Waals surface area (Å²) in [6, 6.07) is 13.3. The van der Waals surface area contributed by atoms with E-state index in [0.717, 1.165) is 0 Å². The lowest BCUT2D eigenvalue weighted by molar-refractivity contribution is -0.385. The van der Waals surface area contributed by atoms with E-state index in [1.54, 1.807) is 12.1 Å². The Hall–Kier alpha value is -4.03. The van der Waals surface area contributed by atoms with Gasteiger partial charge in [0.25, 0.3) is 11.6 Å². The smallest absolute Gasteiger partial charge is 0.350 e. The second-order valence-corrected chi connectivity index (χ2v) is 5.65. The summed E-state index contributed by atoms with van der Waals surface area (Å²) in [6.45, 7) is 0.596. The molecular weight excluding hydrogens is 378 g/mol. The number of rotatable bonds is 8. The van der Waals surface area contributed by atoms with E-state index in [1.165, 1.54) is 49.6 Å². The summed E-state index contributed by atoms with van der Waals surface area (Å²) in [5.74, 6) is -1.24. The second-order valence-electron chi connectivity index (χ2n) is 5.65. The molecule has 0 atom stereocenters. The maximum atomic E-state index is 12.2. The van der Waals surface area contributed by atoms with Crippen molar-refractivity contribution in [3.8, 4) is 11.8 Å². The maximum Gasteiger partial charge on any atom is 0.350 e. The molecule has 0 radical (unpaired) electrons. The molecule has 0 aromatic heterocycles. The van der Waals surface area contributed by atoms with Crippen LogP contribution in [0.1, 0.15) is 15.9 Å². The largest absolute Gasteiger partial charge is 0.423 e. The van der Waals surface area contributed by atoms with E-state index >= 15 is 0 Å². The number of benzene rings is 2. The zero-order valence-corrected chi connectivity index (χ0v) is 15.5. The molecule has 9 nitrogen and oxygen atoms in total. The molecule has 0 saturated carbocycles. The summed E-state index contributed by atoms with van der Waals surface area (Å²) in [5.41, 5.74) is -0.0733. The van der Waals surface area contributed by atoms with Gasteiger partial charge in [0.1, 0.15) is 23.0 Å². The van der Waals surface area contributed by atoms with Crippen LogP contribution in [0.2, 0.25) is 0 Å². The molecule has 0 unspecified atom stereocenters. The summed E-state index contributed by atoms with van der Waals surface area (Å²) >= 11 is 0. The Morgan fingerprint density at radius 2 is 1.90 bits per heavy atom. The Morgan fingerprint density at radius 1 is 1.21 bits per heavy atom. The van der Waals surface area contributed by atoms with Crippen molar-refractivity contribution in [2.24, 2.45) is 0 Å². The predicted molar refractivity (Wildman–Crippen MR) is 103 cm³/mol. The monoisotopic (exact) mass is 395 g/mol. The van der Waals surface area contributed by atoms with Crippen LogP contribution in [0.15, 0.2) is 54.1 Å². The number of para-hydroxylation sites is 1. The first kappa shape index (κ1) is 21.3. The Morgan fingerprint density at radius 3 is 2.52 bits per heavy atom. The number of carbonyl (C=O) groups excluding carboxylic acids is 2. The lowest BCUT2D eigenvalue weighted by Crippen LogP contribution is -2.27. The van der Waals surface area contributed by atoms with Gasteiger partial charge < -0.3 is 14.8 Å². The van der Waals surface area contributed by atoms with Gasteiger partial charge in [0.05, 0.1) is 11.5 Å². The zero-order chi connectivity index (χ0) is 21.2. The van der Waals surface area contributed by atoms with Crippen molar-refractivity contribution < 1.29 is 24.0 Å². The molecule has 2 aromatic rings. The van der Waals surface area contributed by atoms with E-state index in [2.05, 4.69) is 5.32 Å². The van der Waals surface area contributed by atoms with Crippen LogP contribution in [0.25, 0.3) is 6.08 Å². The molecule has 148 valence electrons. The van der Waals surface area contributed by atoms with Gasteiger partial charge >= 0.3 is 5.97 Å². The van der Waals surface area contributed by atoms with Crippen LogP contribution in [-0.2, 0) is 9.53 Å². The van der Waals surface area contributed by atoms with Gasteiger partial charge in [-0.25, -0.2) is 4.79 Å². The predicted octanol–water partition coefficient (Wildman–Crippen LogP) is 2.48. The van der Waals surface area contributed by atoms with Crippen LogP contribution in [0.4, 0.5) is 5.69 Å². The first-order valence-corrected chi connectivity index (χ1v) is 8.41.